The minimum Gasteiger partial charge on any atom is -0.487 e. The molecule has 120 valence electrons. The van der Waals surface area contributed by atoms with Crippen molar-refractivity contribution in [3.8, 4) is 11.9 Å². The van der Waals surface area contributed by atoms with E-state index in [4.69, 9.17) is 10.00 Å². The van der Waals surface area contributed by atoms with Gasteiger partial charge in [-0.25, -0.2) is 4.79 Å². The summed E-state index contributed by atoms with van der Waals surface area (Å²) in [7, 11) is 0. The minimum absolute atomic E-state index is 0.0823. The largest absolute Gasteiger partial charge is 0.487 e. The fraction of sp³-hybridized carbons (Fsp3) is 0.529. The van der Waals surface area contributed by atoms with Crippen LogP contribution in [0, 0.1) is 17.4 Å². The normalized spacial score (nSPS) is 26.7. The van der Waals surface area contributed by atoms with E-state index in [1.807, 2.05) is 40.1 Å². The summed E-state index contributed by atoms with van der Waals surface area (Å²) >= 11 is 0. The lowest BCUT2D eigenvalue weighted by Crippen LogP contribution is -2.60. The maximum absolute atomic E-state index is 12.7. The molecule has 0 aliphatic carbocycles. The van der Waals surface area contributed by atoms with Crippen LogP contribution in [0.2, 0.25) is 0 Å². The van der Waals surface area contributed by atoms with E-state index < -0.39 is 0 Å². The van der Waals surface area contributed by atoms with Crippen LogP contribution in [0.4, 0.5) is 4.79 Å². The van der Waals surface area contributed by atoms with Crippen LogP contribution in [0.5, 0.6) is 5.75 Å². The van der Waals surface area contributed by atoms with E-state index in [1.54, 1.807) is 4.90 Å². The molecule has 1 aromatic carbocycles. The van der Waals surface area contributed by atoms with Gasteiger partial charge in [-0.05, 0) is 18.6 Å². The highest BCUT2D eigenvalue weighted by Crippen LogP contribution is 2.32. The number of hydrogen-bond donors (Lipinski definition) is 0. The molecular weight excluding hydrogens is 292 g/mol. The second-order valence-corrected chi connectivity index (χ2v) is 6.55. The van der Waals surface area contributed by atoms with Crippen LogP contribution in [0.25, 0.3) is 0 Å². The number of hydrogen-bond acceptors (Lipinski definition) is 4. The Morgan fingerprint density at radius 2 is 1.96 bits per heavy atom. The quantitative estimate of drug-likeness (QED) is 0.774. The fourth-order valence-corrected chi connectivity index (χ4v) is 3.82. The zero-order chi connectivity index (χ0) is 15.8. The lowest BCUT2D eigenvalue weighted by Gasteiger charge is -2.41. The van der Waals surface area contributed by atoms with Gasteiger partial charge in [0.25, 0.3) is 0 Å². The fourth-order valence-electron chi connectivity index (χ4n) is 3.82. The number of fused-ring (bicyclic) bond motifs is 1. The van der Waals surface area contributed by atoms with Gasteiger partial charge < -0.3 is 19.4 Å². The molecule has 1 aromatic rings. The zero-order valence-electron chi connectivity index (χ0n) is 13.0. The molecule has 0 aromatic heterocycles. The van der Waals surface area contributed by atoms with Crippen LogP contribution >= 0.6 is 0 Å². The molecule has 3 saturated heterocycles. The van der Waals surface area contributed by atoms with Crippen LogP contribution < -0.4 is 4.74 Å². The van der Waals surface area contributed by atoms with Crippen molar-refractivity contribution in [1.82, 2.24) is 14.7 Å². The van der Waals surface area contributed by atoms with Gasteiger partial charge in [0.05, 0.1) is 19.1 Å². The molecule has 6 nitrogen and oxygen atoms in total. The van der Waals surface area contributed by atoms with Crippen LogP contribution in [-0.2, 0) is 0 Å². The number of amides is 2. The summed E-state index contributed by atoms with van der Waals surface area (Å²) in [6, 6.07) is 10.0. The Balaban J connectivity index is 1.31. The number of carbonyl (C=O) groups is 1. The summed E-state index contributed by atoms with van der Waals surface area (Å²) in [5.74, 6) is 1.31. The Labute approximate surface area is 135 Å². The molecule has 3 aliphatic rings. The third-order valence-corrected chi connectivity index (χ3v) is 5.10. The van der Waals surface area contributed by atoms with Crippen LogP contribution in [-0.4, -0.2) is 65.6 Å². The molecule has 3 aliphatic heterocycles. The van der Waals surface area contributed by atoms with E-state index in [-0.39, 0.29) is 18.2 Å². The SMILES string of the molecule is N#CN1C[C@H]2CCN(C(=O)N3CC(Oc4ccccc4)C3)[C@H]2C1. The first-order chi connectivity index (χ1) is 11.2. The highest BCUT2D eigenvalue weighted by molar-refractivity contribution is 5.76. The number of carbonyl (C=O) groups excluding carboxylic acids is 1. The van der Waals surface area contributed by atoms with Gasteiger partial charge in [0.15, 0.2) is 6.19 Å². The Hall–Kier alpha value is -2.42. The Kier molecular flexibility index (Phi) is 3.49. The number of rotatable bonds is 2. The highest BCUT2D eigenvalue weighted by Gasteiger charge is 2.46. The van der Waals surface area contributed by atoms with Gasteiger partial charge in [-0.2, -0.15) is 5.26 Å². The first kappa shape index (κ1) is 14.2. The Bertz CT molecular complexity index is 623. The Morgan fingerprint density at radius 3 is 2.70 bits per heavy atom. The van der Waals surface area contributed by atoms with Gasteiger partial charge in [-0.1, -0.05) is 18.2 Å². The predicted octanol–water partition coefficient (Wildman–Crippen LogP) is 1.36. The second-order valence-electron chi connectivity index (χ2n) is 6.55. The number of nitrogens with zero attached hydrogens (tertiary/aromatic N) is 4. The summed E-state index contributed by atoms with van der Waals surface area (Å²) in [5, 5.41) is 9.03. The zero-order valence-corrected chi connectivity index (χ0v) is 13.0. The van der Waals surface area contributed by atoms with Crippen LogP contribution in [0.15, 0.2) is 30.3 Å². The van der Waals surface area contributed by atoms with Crippen LogP contribution in [0.1, 0.15) is 6.42 Å². The number of urea groups is 1. The average molecular weight is 312 g/mol. The van der Waals surface area contributed by atoms with Gasteiger partial charge in [0.1, 0.15) is 11.9 Å². The van der Waals surface area contributed by atoms with Crippen molar-refractivity contribution in [3.05, 3.63) is 30.3 Å². The maximum Gasteiger partial charge on any atom is 0.320 e. The highest BCUT2D eigenvalue weighted by atomic mass is 16.5. The molecule has 0 unspecified atom stereocenters. The van der Waals surface area contributed by atoms with Gasteiger partial charge in [0.2, 0.25) is 0 Å². The standard InChI is InChI=1S/C17H20N4O2/c18-12-19-8-13-6-7-21(16(13)11-19)17(22)20-9-15(10-20)23-14-4-2-1-3-5-14/h1-5,13,15-16H,6-11H2/t13-,16+/m1/s1. The van der Waals surface area contributed by atoms with E-state index in [0.717, 1.165) is 25.3 Å². The summed E-state index contributed by atoms with van der Waals surface area (Å²) in [6.45, 7) is 3.58. The number of para-hydroxylation sites is 1. The van der Waals surface area contributed by atoms with Gasteiger partial charge >= 0.3 is 6.03 Å². The van der Waals surface area contributed by atoms with E-state index in [1.165, 1.54) is 0 Å². The molecule has 0 radical (unpaired) electrons. The molecule has 6 heteroatoms. The van der Waals surface area contributed by atoms with Crippen molar-refractivity contribution >= 4 is 6.03 Å². The Morgan fingerprint density at radius 1 is 1.17 bits per heavy atom. The van der Waals surface area contributed by atoms with Crippen LogP contribution in [0.3, 0.4) is 0 Å². The van der Waals surface area contributed by atoms with Gasteiger partial charge in [-0.3, -0.25) is 0 Å². The second kappa shape index (κ2) is 5.65. The smallest absolute Gasteiger partial charge is 0.320 e. The average Bonchev–Trinajstić information content (AvgIpc) is 3.10. The molecule has 2 amide bonds. The van der Waals surface area contributed by atoms with Crippen molar-refractivity contribution in [3.63, 3.8) is 0 Å². The lowest BCUT2D eigenvalue weighted by molar-refractivity contribution is 0.0292. The first-order valence-corrected chi connectivity index (χ1v) is 8.16. The molecule has 3 fully saturated rings. The van der Waals surface area contributed by atoms with Gasteiger partial charge in [-0.15, -0.1) is 0 Å². The van der Waals surface area contributed by atoms with Gasteiger partial charge in [0, 0.05) is 25.6 Å². The van der Waals surface area contributed by atoms with Crippen molar-refractivity contribution < 1.29 is 9.53 Å². The molecule has 2 atom stereocenters. The molecule has 23 heavy (non-hydrogen) atoms. The van der Waals surface area contributed by atoms with E-state index in [0.29, 0.717) is 25.6 Å². The maximum atomic E-state index is 12.7. The molecule has 4 rings (SSSR count). The molecule has 0 N–H and O–H groups in total. The van der Waals surface area contributed by atoms with Crippen molar-refractivity contribution in [2.75, 3.05) is 32.7 Å². The summed E-state index contributed by atoms with van der Waals surface area (Å²) in [4.78, 5) is 18.2. The topological polar surface area (TPSA) is 59.8 Å². The summed E-state index contributed by atoms with van der Waals surface area (Å²) in [5.41, 5.74) is 0. The molecule has 3 heterocycles. The monoisotopic (exact) mass is 312 g/mol. The van der Waals surface area contributed by atoms with Crippen molar-refractivity contribution in [1.29, 1.82) is 5.26 Å². The summed E-state index contributed by atoms with van der Waals surface area (Å²) in [6.07, 6.45) is 3.29. The number of nitriles is 1. The number of likely N-dealkylation sites (tertiary alicyclic amines) is 3. The minimum atomic E-state index is 0.0823. The molecule has 0 spiro atoms. The van der Waals surface area contributed by atoms with Crippen molar-refractivity contribution in [2.45, 2.75) is 18.6 Å². The predicted molar refractivity (Wildman–Crippen MR) is 83.6 cm³/mol. The molecule has 0 saturated carbocycles. The van der Waals surface area contributed by atoms with E-state index in [9.17, 15) is 4.79 Å². The first-order valence-electron chi connectivity index (χ1n) is 8.16. The van der Waals surface area contributed by atoms with Crippen molar-refractivity contribution in [2.24, 2.45) is 5.92 Å². The molecule has 0 bridgehead atoms. The lowest BCUT2D eigenvalue weighted by atomic mass is 10.1. The number of benzene rings is 1. The molecular formula is C17H20N4O2. The number of ether oxygens (including phenoxy) is 1. The third-order valence-electron chi connectivity index (χ3n) is 5.10. The van der Waals surface area contributed by atoms with E-state index >= 15 is 0 Å². The van der Waals surface area contributed by atoms with E-state index in [2.05, 4.69) is 6.19 Å². The summed E-state index contributed by atoms with van der Waals surface area (Å²) < 4.78 is 5.85. The third kappa shape index (κ3) is 2.56.